The molecule has 1 aromatic carbocycles. The van der Waals surface area contributed by atoms with Crippen molar-refractivity contribution in [2.75, 3.05) is 12.3 Å². The minimum atomic E-state index is -0.282. The Morgan fingerprint density at radius 2 is 1.86 bits per heavy atom. The van der Waals surface area contributed by atoms with Gasteiger partial charge in [0.15, 0.2) is 5.82 Å². The average Bonchev–Trinajstić information content (AvgIpc) is 3.24. The molecule has 0 aliphatic rings. The quantitative estimate of drug-likeness (QED) is 0.460. The number of hydrogen-bond donors (Lipinski definition) is 3. The molecule has 0 fully saturated rings. The van der Waals surface area contributed by atoms with Crippen molar-refractivity contribution in [1.82, 2.24) is 35.5 Å². The second-order valence-corrected chi connectivity index (χ2v) is 6.21. The van der Waals surface area contributed by atoms with E-state index in [1.165, 1.54) is 6.20 Å². The van der Waals surface area contributed by atoms with Gasteiger partial charge >= 0.3 is 0 Å². The van der Waals surface area contributed by atoms with Crippen molar-refractivity contribution in [2.24, 2.45) is 0 Å². The van der Waals surface area contributed by atoms with Crippen LogP contribution in [0.3, 0.4) is 0 Å². The first-order valence-corrected chi connectivity index (χ1v) is 8.98. The molecule has 1 amide bonds. The number of rotatable bonds is 6. The monoisotopic (exact) mass is 386 g/mol. The van der Waals surface area contributed by atoms with Crippen LogP contribution in [0.25, 0.3) is 22.6 Å². The summed E-state index contributed by atoms with van der Waals surface area (Å²) in [4.78, 5) is 29.4. The summed E-state index contributed by atoms with van der Waals surface area (Å²) in [5, 5.41) is 9.93. The molecule has 3 heterocycles. The molecular weight excluding hydrogens is 368 g/mol. The molecule has 9 heteroatoms. The maximum absolute atomic E-state index is 12.7. The number of anilines is 1. The molecule has 4 N–H and O–H groups in total. The first kappa shape index (κ1) is 18.2. The van der Waals surface area contributed by atoms with E-state index in [9.17, 15) is 4.79 Å². The van der Waals surface area contributed by atoms with E-state index in [-0.39, 0.29) is 11.9 Å². The van der Waals surface area contributed by atoms with Gasteiger partial charge in [-0.05, 0) is 12.1 Å². The minimum absolute atomic E-state index is 0.116. The number of nitrogens with one attached hydrogen (secondary N) is 2. The van der Waals surface area contributed by atoms with Crippen LogP contribution in [0.1, 0.15) is 16.2 Å². The van der Waals surface area contributed by atoms with Crippen LogP contribution in [-0.4, -0.2) is 42.6 Å². The lowest BCUT2D eigenvalue weighted by atomic mass is 10.1. The Hall–Kier alpha value is -4.14. The zero-order valence-electron chi connectivity index (χ0n) is 15.4. The van der Waals surface area contributed by atoms with E-state index in [1.54, 1.807) is 12.4 Å². The van der Waals surface area contributed by atoms with Crippen LogP contribution < -0.4 is 11.1 Å². The Morgan fingerprint density at radius 1 is 1.03 bits per heavy atom. The molecule has 0 aliphatic heterocycles. The summed E-state index contributed by atoms with van der Waals surface area (Å²) in [6.07, 6.45) is 5.32. The van der Waals surface area contributed by atoms with Gasteiger partial charge in [0, 0.05) is 42.7 Å². The molecule has 0 atom stereocenters. The first-order chi connectivity index (χ1) is 14.2. The molecule has 0 saturated carbocycles. The van der Waals surface area contributed by atoms with Gasteiger partial charge in [-0.2, -0.15) is 5.10 Å². The first-order valence-electron chi connectivity index (χ1n) is 8.98. The van der Waals surface area contributed by atoms with Gasteiger partial charge in [0.2, 0.25) is 5.95 Å². The summed E-state index contributed by atoms with van der Waals surface area (Å²) in [5.74, 6) is 1.07. The number of aromatic nitrogens is 6. The van der Waals surface area contributed by atoms with Gasteiger partial charge in [0.25, 0.3) is 5.91 Å². The lowest BCUT2D eigenvalue weighted by Crippen LogP contribution is -2.27. The van der Waals surface area contributed by atoms with Crippen molar-refractivity contribution in [3.63, 3.8) is 0 Å². The highest BCUT2D eigenvalue weighted by Gasteiger charge is 2.15. The number of benzene rings is 1. The third-order valence-corrected chi connectivity index (χ3v) is 4.20. The highest BCUT2D eigenvalue weighted by atomic mass is 16.1. The Kier molecular flexibility index (Phi) is 5.19. The minimum Gasteiger partial charge on any atom is -0.368 e. The van der Waals surface area contributed by atoms with Crippen LogP contribution in [0, 0.1) is 0 Å². The molecule has 3 aromatic heterocycles. The van der Waals surface area contributed by atoms with E-state index in [0.717, 1.165) is 11.1 Å². The Labute approximate surface area is 166 Å². The van der Waals surface area contributed by atoms with Crippen LogP contribution in [-0.2, 0) is 6.42 Å². The fourth-order valence-corrected chi connectivity index (χ4v) is 2.80. The number of carbonyl (C=O) groups excluding carboxylic acids is 1. The Morgan fingerprint density at radius 3 is 2.66 bits per heavy atom. The third kappa shape index (κ3) is 4.24. The summed E-state index contributed by atoms with van der Waals surface area (Å²) in [6.45, 7) is 0.374. The van der Waals surface area contributed by atoms with Gasteiger partial charge in [-0.3, -0.25) is 14.9 Å². The van der Waals surface area contributed by atoms with Crippen LogP contribution in [0.15, 0.2) is 61.1 Å². The molecular formula is C20H18N8O. The van der Waals surface area contributed by atoms with Crippen molar-refractivity contribution in [3.8, 4) is 22.6 Å². The van der Waals surface area contributed by atoms with Crippen molar-refractivity contribution in [1.29, 1.82) is 0 Å². The number of aromatic amines is 1. The molecule has 4 aromatic rings. The topological polar surface area (TPSA) is 135 Å². The summed E-state index contributed by atoms with van der Waals surface area (Å²) in [7, 11) is 0. The summed E-state index contributed by atoms with van der Waals surface area (Å²) < 4.78 is 0. The van der Waals surface area contributed by atoms with E-state index >= 15 is 0 Å². The van der Waals surface area contributed by atoms with Gasteiger partial charge in [-0.25, -0.2) is 15.0 Å². The normalized spacial score (nSPS) is 10.6. The summed E-state index contributed by atoms with van der Waals surface area (Å²) in [5.41, 5.74) is 8.19. The second kappa shape index (κ2) is 8.26. The molecule has 0 spiro atoms. The number of nitrogen functional groups attached to an aromatic ring is 1. The fraction of sp³-hybridized carbons (Fsp3) is 0.100. The van der Waals surface area contributed by atoms with Crippen molar-refractivity contribution < 1.29 is 4.79 Å². The predicted octanol–water partition coefficient (Wildman–Crippen LogP) is 1.88. The van der Waals surface area contributed by atoms with Crippen LogP contribution in [0.2, 0.25) is 0 Å². The third-order valence-electron chi connectivity index (χ3n) is 4.20. The molecule has 144 valence electrons. The van der Waals surface area contributed by atoms with E-state index < -0.39 is 0 Å². The second-order valence-electron chi connectivity index (χ2n) is 6.21. The lowest BCUT2D eigenvalue weighted by Gasteiger charge is -2.09. The predicted molar refractivity (Wildman–Crippen MR) is 108 cm³/mol. The zero-order chi connectivity index (χ0) is 20.1. The van der Waals surface area contributed by atoms with E-state index in [2.05, 4.69) is 35.5 Å². The molecule has 0 bridgehead atoms. The van der Waals surface area contributed by atoms with Gasteiger partial charge in [-0.15, -0.1) is 0 Å². The SMILES string of the molecule is Nc1ncc(C(=O)NCCc2nc(-c3cccnc3)n[nH]2)c(-c2ccccc2)n1. The van der Waals surface area contributed by atoms with Gasteiger partial charge in [0.05, 0.1) is 11.3 Å². The number of nitrogens with two attached hydrogens (primary N) is 1. The number of nitrogens with zero attached hydrogens (tertiary/aromatic N) is 5. The molecule has 0 saturated heterocycles. The van der Waals surface area contributed by atoms with E-state index in [0.29, 0.717) is 35.9 Å². The number of pyridine rings is 1. The molecule has 0 unspecified atom stereocenters. The van der Waals surface area contributed by atoms with E-state index in [4.69, 9.17) is 5.73 Å². The highest BCUT2D eigenvalue weighted by Crippen LogP contribution is 2.21. The summed E-state index contributed by atoms with van der Waals surface area (Å²) in [6, 6.07) is 13.1. The van der Waals surface area contributed by atoms with Crippen LogP contribution in [0.4, 0.5) is 5.95 Å². The number of hydrogen-bond acceptors (Lipinski definition) is 7. The molecule has 9 nitrogen and oxygen atoms in total. The highest BCUT2D eigenvalue weighted by molar-refractivity contribution is 5.99. The van der Waals surface area contributed by atoms with Gasteiger partial charge in [0.1, 0.15) is 5.82 Å². The van der Waals surface area contributed by atoms with Crippen molar-refractivity contribution in [2.45, 2.75) is 6.42 Å². The number of amides is 1. The molecule has 29 heavy (non-hydrogen) atoms. The largest absolute Gasteiger partial charge is 0.368 e. The standard InChI is InChI=1S/C20H18N8O/c21-20-24-12-15(17(26-20)13-5-2-1-3-6-13)19(29)23-10-8-16-25-18(28-27-16)14-7-4-9-22-11-14/h1-7,9,11-12H,8,10H2,(H,23,29)(H2,21,24,26)(H,25,27,28). The van der Waals surface area contributed by atoms with Crippen LogP contribution in [0.5, 0.6) is 0 Å². The maximum atomic E-state index is 12.7. The average molecular weight is 386 g/mol. The zero-order valence-corrected chi connectivity index (χ0v) is 15.4. The molecule has 0 radical (unpaired) electrons. The summed E-state index contributed by atoms with van der Waals surface area (Å²) >= 11 is 0. The maximum Gasteiger partial charge on any atom is 0.255 e. The number of carbonyl (C=O) groups is 1. The number of H-pyrrole nitrogens is 1. The molecule has 0 aliphatic carbocycles. The Bertz CT molecular complexity index is 1110. The smallest absolute Gasteiger partial charge is 0.255 e. The lowest BCUT2D eigenvalue weighted by molar-refractivity contribution is 0.0954. The van der Waals surface area contributed by atoms with Crippen molar-refractivity contribution >= 4 is 11.9 Å². The van der Waals surface area contributed by atoms with Gasteiger partial charge in [-0.1, -0.05) is 30.3 Å². The van der Waals surface area contributed by atoms with E-state index in [1.807, 2.05) is 42.5 Å². The Balaban J connectivity index is 1.43. The fourth-order valence-electron chi connectivity index (χ4n) is 2.80. The van der Waals surface area contributed by atoms with Gasteiger partial charge < -0.3 is 11.1 Å². The van der Waals surface area contributed by atoms with Crippen molar-refractivity contribution in [3.05, 3.63) is 72.4 Å². The van der Waals surface area contributed by atoms with Crippen LogP contribution >= 0.6 is 0 Å². The molecule has 4 rings (SSSR count).